The summed E-state index contributed by atoms with van der Waals surface area (Å²) in [5.74, 6) is 0.0862. The molecule has 0 aromatic heterocycles. The number of carbonyl (C=O) groups excluding carboxylic acids is 1. The molecule has 1 aromatic rings. The first-order chi connectivity index (χ1) is 14.6. The van der Waals surface area contributed by atoms with Crippen LogP contribution < -0.4 is 0 Å². The minimum absolute atomic E-state index is 0.00358. The molecular formula is C21H28F3N3O3S. The number of alkyl halides is 3. The Morgan fingerprint density at radius 2 is 1.52 bits per heavy atom. The van der Waals surface area contributed by atoms with Gasteiger partial charge in [-0.2, -0.15) is 17.5 Å². The van der Waals surface area contributed by atoms with E-state index in [-0.39, 0.29) is 48.3 Å². The lowest BCUT2D eigenvalue weighted by atomic mass is 9.95. The Labute approximate surface area is 181 Å². The number of likely N-dealkylation sites (tertiary alicyclic amines) is 1. The smallest absolute Gasteiger partial charge is 0.341 e. The number of amides is 1. The maximum Gasteiger partial charge on any atom is 0.398 e. The highest BCUT2D eigenvalue weighted by Crippen LogP contribution is 2.58. The van der Waals surface area contributed by atoms with E-state index in [2.05, 4.69) is 0 Å². The van der Waals surface area contributed by atoms with Crippen molar-refractivity contribution in [1.29, 1.82) is 0 Å². The first kappa shape index (κ1) is 22.5. The van der Waals surface area contributed by atoms with Crippen molar-refractivity contribution in [1.82, 2.24) is 14.1 Å². The van der Waals surface area contributed by atoms with Gasteiger partial charge in [-0.25, -0.2) is 8.42 Å². The molecule has 1 amide bonds. The predicted molar refractivity (Wildman–Crippen MR) is 109 cm³/mol. The molecule has 2 saturated heterocycles. The molecule has 1 aromatic carbocycles. The normalized spacial score (nSPS) is 23.7. The van der Waals surface area contributed by atoms with Crippen molar-refractivity contribution in [3.63, 3.8) is 0 Å². The number of piperazine rings is 1. The molecule has 3 aliphatic rings. The molecule has 1 atom stereocenters. The fraction of sp³-hybridized carbons (Fsp3) is 0.667. The zero-order valence-electron chi connectivity index (χ0n) is 17.6. The number of carbonyl (C=O) groups is 1. The van der Waals surface area contributed by atoms with Crippen molar-refractivity contribution in [3.8, 4) is 0 Å². The van der Waals surface area contributed by atoms with E-state index in [1.54, 1.807) is 0 Å². The molecule has 2 aliphatic heterocycles. The number of hydrogen-bond donors (Lipinski definition) is 0. The van der Waals surface area contributed by atoms with Crippen molar-refractivity contribution >= 4 is 15.9 Å². The van der Waals surface area contributed by atoms with E-state index in [4.69, 9.17) is 0 Å². The lowest BCUT2D eigenvalue weighted by Crippen LogP contribution is -2.55. The predicted octanol–water partition coefficient (Wildman–Crippen LogP) is 2.60. The average molecular weight is 460 g/mol. The van der Waals surface area contributed by atoms with Crippen molar-refractivity contribution in [2.45, 2.75) is 55.1 Å². The highest BCUT2D eigenvalue weighted by molar-refractivity contribution is 7.89. The maximum absolute atomic E-state index is 13.3. The van der Waals surface area contributed by atoms with E-state index in [0.717, 1.165) is 25.9 Å². The molecular weight excluding hydrogens is 431 g/mol. The van der Waals surface area contributed by atoms with Crippen molar-refractivity contribution in [3.05, 3.63) is 29.8 Å². The summed E-state index contributed by atoms with van der Waals surface area (Å²) in [6, 6.07) is 4.85. The van der Waals surface area contributed by atoms with Crippen LogP contribution in [0.15, 0.2) is 29.2 Å². The van der Waals surface area contributed by atoms with Gasteiger partial charge in [-0.1, -0.05) is 12.1 Å². The second-order valence-electron chi connectivity index (χ2n) is 8.75. The molecule has 1 unspecified atom stereocenters. The lowest BCUT2D eigenvalue weighted by Gasteiger charge is -2.37. The van der Waals surface area contributed by atoms with E-state index in [9.17, 15) is 26.4 Å². The van der Waals surface area contributed by atoms with Crippen LogP contribution in [0.3, 0.4) is 0 Å². The minimum atomic E-state index is -4.33. The summed E-state index contributed by atoms with van der Waals surface area (Å²) >= 11 is 0. The fourth-order valence-corrected chi connectivity index (χ4v) is 6.07. The molecule has 172 valence electrons. The van der Waals surface area contributed by atoms with Crippen LogP contribution in [0.4, 0.5) is 13.2 Å². The Bertz CT molecular complexity index is 915. The molecule has 3 fully saturated rings. The molecule has 10 heteroatoms. The van der Waals surface area contributed by atoms with Gasteiger partial charge >= 0.3 is 6.18 Å². The van der Waals surface area contributed by atoms with Crippen LogP contribution in [0.25, 0.3) is 0 Å². The molecule has 0 spiro atoms. The maximum atomic E-state index is 13.3. The van der Waals surface area contributed by atoms with Gasteiger partial charge in [-0.3, -0.25) is 9.69 Å². The van der Waals surface area contributed by atoms with Gasteiger partial charge in [0.2, 0.25) is 15.9 Å². The van der Waals surface area contributed by atoms with Gasteiger partial charge in [0, 0.05) is 39.3 Å². The van der Waals surface area contributed by atoms with Gasteiger partial charge in [0.25, 0.3) is 0 Å². The lowest BCUT2D eigenvalue weighted by molar-refractivity contribution is -0.160. The Morgan fingerprint density at radius 1 is 0.968 bits per heavy atom. The summed E-state index contributed by atoms with van der Waals surface area (Å²) in [5, 5.41) is 0. The second-order valence-corrected chi connectivity index (χ2v) is 10.7. The first-order valence-corrected chi connectivity index (χ1v) is 12.2. The summed E-state index contributed by atoms with van der Waals surface area (Å²) in [5.41, 5.74) is -1.70. The first-order valence-electron chi connectivity index (χ1n) is 10.8. The Kier molecular flexibility index (Phi) is 5.85. The number of benzene rings is 1. The topological polar surface area (TPSA) is 60.9 Å². The standard InChI is InChI=1S/C21H28F3N3O3S/c1-16(19(28)26-10-2-3-11-26)25-12-14-27(15-13-25)31(29,30)18-6-4-17(5-7-18)20(8-9-20)21(22,23)24/h4-7,16H,2-3,8-15H2,1H3. The Hall–Kier alpha value is -1.65. The number of nitrogens with zero attached hydrogens (tertiary/aromatic N) is 3. The molecule has 1 aliphatic carbocycles. The summed E-state index contributed by atoms with van der Waals surface area (Å²) in [7, 11) is -3.79. The third kappa shape index (κ3) is 4.09. The number of sulfonamides is 1. The molecule has 0 radical (unpaired) electrons. The van der Waals surface area contributed by atoms with E-state index in [0.29, 0.717) is 13.1 Å². The fourth-order valence-electron chi connectivity index (χ4n) is 4.64. The van der Waals surface area contributed by atoms with Crippen molar-refractivity contribution in [2.24, 2.45) is 0 Å². The molecule has 0 N–H and O–H groups in total. The quantitative estimate of drug-likeness (QED) is 0.679. The summed E-state index contributed by atoms with van der Waals surface area (Å²) in [6.45, 7) is 4.79. The van der Waals surface area contributed by atoms with Gasteiger partial charge in [0.05, 0.1) is 16.4 Å². The van der Waals surface area contributed by atoms with Gasteiger partial charge in [-0.05, 0) is 50.3 Å². The minimum Gasteiger partial charge on any atom is -0.341 e. The molecule has 6 nitrogen and oxygen atoms in total. The van der Waals surface area contributed by atoms with Crippen LogP contribution >= 0.6 is 0 Å². The molecule has 2 heterocycles. The highest BCUT2D eigenvalue weighted by Gasteiger charge is 2.64. The molecule has 1 saturated carbocycles. The summed E-state index contributed by atoms with van der Waals surface area (Å²) < 4.78 is 67.2. The third-order valence-corrected chi connectivity index (χ3v) is 8.85. The van der Waals surface area contributed by atoms with Crippen LogP contribution in [-0.4, -0.2) is 79.9 Å². The highest BCUT2D eigenvalue weighted by atomic mass is 32.2. The number of rotatable bonds is 5. The zero-order valence-corrected chi connectivity index (χ0v) is 18.4. The van der Waals surface area contributed by atoms with Crippen LogP contribution in [0.5, 0.6) is 0 Å². The van der Waals surface area contributed by atoms with Gasteiger partial charge < -0.3 is 4.90 Å². The van der Waals surface area contributed by atoms with Gasteiger partial charge in [0.15, 0.2) is 0 Å². The molecule has 4 rings (SSSR count). The summed E-state index contributed by atoms with van der Waals surface area (Å²) in [6.07, 6.45) is -2.20. The van der Waals surface area contributed by atoms with Crippen LogP contribution in [-0.2, 0) is 20.2 Å². The number of hydrogen-bond acceptors (Lipinski definition) is 4. The average Bonchev–Trinajstić information content (AvgIpc) is 3.41. The van der Waals surface area contributed by atoms with Crippen LogP contribution in [0.2, 0.25) is 0 Å². The van der Waals surface area contributed by atoms with E-state index in [1.165, 1.54) is 28.6 Å². The zero-order chi connectivity index (χ0) is 22.4. The molecule has 31 heavy (non-hydrogen) atoms. The monoisotopic (exact) mass is 459 g/mol. The van der Waals surface area contributed by atoms with Crippen LogP contribution in [0.1, 0.15) is 38.2 Å². The van der Waals surface area contributed by atoms with Crippen molar-refractivity contribution in [2.75, 3.05) is 39.3 Å². The van der Waals surface area contributed by atoms with Crippen LogP contribution in [0, 0.1) is 0 Å². The van der Waals surface area contributed by atoms with E-state index in [1.807, 2.05) is 16.7 Å². The van der Waals surface area contributed by atoms with Crippen molar-refractivity contribution < 1.29 is 26.4 Å². The molecule has 0 bridgehead atoms. The van der Waals surface area contributed by atoms with Gasteiger partial charge in [-0.15, -0.1) is 0 Å². The third-order valence-electron chi connectivity index (χ3n) is 6.93. The Morgan fingerprint density at radius 3 is 2.00 bits per heavy atom. The second kappa shape index (κ2) is 8.04. The van der Waals surface area contributed by atoms with Gasteiger partial charge in [0.1, 0.15) is 0 Å². The number of halogens is 3. The SMILES string of the molecule is CC(C(=O)N1CCCC1)N1CCN(S(=O)(=O)c2ccc(C3(C(F)(F)F)CC3)cc2)CC1. The largest absolute Gasteiger partial charge is 0.398 e. The van der Waals surface area contributed by atoms with E-state index < -0.39 is 21.6 Å². The Balaban J connectivity index is 1.39. The summed E-state index contributed by atoms with van der Waals surface area (Å²) in [4.78, 5) is 16.5. The van der Waals surface area contributed by atoms with E-state index >= 15 is 0 Å².